The summed E-state index contributed by atoms with van der Waals surface area (Å²) in [5.41, 5.74) is 13.5. The van der Waals surface area contributed by atoms with Crippen LogP contribution in [-0.2, 0) is 17.6 Å². The molecule has 0 aliphatic carbocycles. The second kappa shape index (κ2) is 7.09. The zero-order valence-electron chi connectivity index (χ0n) is 13.7. The predicted octanol–water partition coefficient (Wildman–Crippen LogP) is 1.77. The van der Waals surface area contributed by atoms with Crippen molar-refractivity contribution in [3.05, 3.63) is 46.9 Å². The minimum atomic E-state index is -0.447. The van der Waals surface area contributed by atoms with Crippen molar-refractivity contribution in [3.8, 4) is 5.75 Å². The Morgan fingerprint density at radius 2 is 1.87 bits per heavy atom. The molecule has 122 valence electrons. The van der Waals surface area contributed by atoms with E-state index in [4.69, 9.17) is 16.2 Å². The molecule has 0 spiro atoms. The number of benzene rings is 1. The third kappa shape index (κ3) is 4.67. The van der Waals surface area contributed by atoms with E-state index >= 15 is 0 Å². The van der Waals surface area contributed by atoms with E-state index in [1.165, 1.54) is 0 Å². The minimum absolute atomic E-state index is 0.0547. The summed E-state index contributed by atoms with van der Waals surface area (Å²) >= 11 is 0. The van der Waals surface area contributed by atoms with Gasteiger partial charge in [-0.2, -0.15) is 0 Å². The Bertz CT molecular complexity index is 673. The molecule has 0 radical (unpaired) electrons. The molecule has 0 fully saturated rings. The number of hydrogen-bond donors (Lipinski definition) is 2. The summed E-state index contributed by atoms with van der Waals surface area (Å²) in [5, 5.41) is 0. The van der Waals surface area contributed by atoms with Crippen molar-refractivity contribution in [3.63, 3.8) is 0 Å². The first kappa shape index (κ1) is 16.7. The lowest BCUT2D eigenvalue weighted by molar-refractivity contribution is -0.117. The van der Waals surface area contributed by atoms with Crippen LogP contribution in [-0.4, -0.2) is 22.0 Å². The molecule has 1 heterocycles. The molecule has 1 amide bonds. The highest BCUT2D eigenvalue weighted by Crippen LogP contribution is 2.18. The Hall–Kier alpha value is -2.63. The highest BCUT2D eigenvalue weighted by atomic mass is 16.5. The van der Waals surface area contributed by atoms with Gasteiger partial charge < -0.3 is 16.2 Å². The van der Waals surface area contributed by atoms with Gasteiger partial charge in [0.2, 0.25) is 5.91 Å². The van der Waals surface area contributed by atoms with Gasteiger partial charge >= 0.3 is 0 Å². The molecular weight excluding hydrogens is 292 g/mol. The molecule has 0 unspecified atom stereocenters. The van der Waals surface area contributed by atoms with E-state index in [1.54, 1.807) is 6.92 Å². The van der Waals surface area contributed by atoms with Crippen LogP contribution in [0.5, 0.6) is 5.75 Å². The first-order valence-electron chi connectivity index (χ1n) is 7.51. The molecule has 2 aromatic rings. The van der Waals surface area contributed by atoms with Crippen molar-refractivity contribution >= 4 is 11.7 Å². The van der Waals surface area contributed by atoms with Gasteiger partial charge in [-0.25, -0.2) is 9.97 Å². The van der Waals surface area contributed by atoms with E-state index in [0.717, 1.165) is 11.3 Å². The summed E-state index contributed by atoms with van der Waals surface area (Å²) < 4.78 is 5.62. The lowest BCUT2D eigenvalue weighted by Crippen LogP contribution is -2.17. The van der Waals surface area contributed by atoms with Crippen molar-refractivity contribution in [2.45, 2.75) is 39.7 Å². The Balaban J connectivity index is 2.15. The molecule has 0 atom stereocenters. The maximum absolute atomic E-state index is 11.1. The Morgan fingerprint density at radius 3 is 2.39 bits per heavy atom. The fourth-order valence-electron chi connectivity index (χ4n) is 2.29. The topological polar surface area (TPSA) is 104 Å². The molecule has 0 aliphatic heterocycles. The summed E-state index contributed by atoms with van der Waals surface area (Å²) in [6.07, 6.45) is 0.757. The van der Waals surface area contributed by atoms with Gasteiger partial charge in [0, 0.05) is 17.7 Å². The number of anilines is 1. The van der Waals surface area contributed by atoms with Crippen LogP contribution < -0.4 is 16.2 Å². The number of carbonyl (C=O) groups is 1. The molecule has 0 saturated heterocycles. The normalized spacial score (nSPS) is 10.8. The molecule has 0 saturated carbocycles. The number of nitrogen functional groups attached to an aromatic ring is 1. The maximum atomic E-state index is 11.1. The maximum Gasteiger partial charge on any atom is 0.222 e. The summed E-state index contributed by atoms with van der Waals surface area (Å²) in [6, 6.07) is 7.80. The lowest BCUT2D eigenvalue weighted by Gasteiger charge is -2.11. The molecule has 4 N–H and O–H groups in total. The van der Waals surface area contributed by atoms with E-state index in [9.17, 15) is 4.79 Å². The van der Waals surface area contributed by atoms with E-state index in [-0.39, 0.29) is 12.5 Å². The monoisotopic (exact) mass is 314 g/mol. The number of primary amides is 1. The summed E-state index contributed by atoms with van der Waals surface area (Å²) in [5.74, 6) is 1.31. The third-order valence-electron chi connectivity index (χ3n) is 3.30. The minimum Gasteiger partial charge on any atom is -0.491 e. The second-order valence-corrected chi connectivity index (χ2v) is 5.72. The SMILES string of the molecule is Cc1nc(Cc2ccc(OC(C)C)cc2)nc(N)c1CC(N)=O. The van der Waals surface area contributed by atoms with E-state index in [2.05, 4.69) is 9.97 Å². The first-order chi connectivity index (χ1) is 10.8. The number of nitrogens with zero attached hydrogens (tertiary/aromatic N) is 2. The predicted molar refractivity (Wildman–Crippen MR) is 89.1 cm³/mol. The zero-order chi connectivity index (χ0) is 17.0. The molecule has 23 heavy (non-hydrogen) atoms. The van der Waals surface area contributed by atoms with E-state index in [0.29, 0.717) is 29.3 Å². The third-order valence-corrected chi connectivity index (χ3v) is 3.30. The van der Waals surface area contributed by atoms with Gasteiger partial charge in [-0.3, -0.25) is 4.79 Å². The van der Waals surface area contributed by atoms with Crippen LogP contribution in [0, 0.1) is 6.92 Å². The lowest BCUT2D eigenvalue weighted by atomic mass is 10.1. The molecular formula is C17H22N4O2. The quantitative estimate of drug-likeness (QED) is 0.845. The van der Waals surface area contributed by atoms with Gasteiger partial charge in [0.25, 0.3) is 0 Å². The Kier molecular flexibility index (Phi) is 5.16. The molecule has 0 bridgehead atoms. The van der Waals surface area contributed by atoms with Gasteiger partial charge in [0.15, 0.2) is 0 Å². The van der Waals surface area contributed by atoms with Crippen LogP contribution in [0.2, 0.25) is 0 Å². The molecule has 0 aliphatic rings. The summed E-state index contributed by atoms with van der Waals surface area (Å²) in [7, 11) is 0. The Morgan fingerprint density at radius 1 is 1.22 bits per heavy atom. The second-order valence-electron chi connectivity index (χ2n) is 5.72. The van der Waals surface area contributed by atoms with Crippen molar-refractivity contribution in [1.29, 1.82) is 0 Å². The van der Waals surface area contributed by atoms with E-state index in [1.807, 2.05) is 38.1 Å². The fourth-order valence-corrected chi connectivity index (χ4v) is 2.29. The number of aryl methyl sites for hydroxylation is 1. The molecule has 2 rings (SSSR count). The highest BCUT2D eigenvalue weighted by Gasteiger charge is 2.12. The highest BCUT2D eigenvalue weighted by molar-refractivity contribution is 5.78. The van der Waals surface area contributed by atoms with Gasteiger partial charge in [-0.05, 0) is 38.5 Å². The van der Waals surface area contributed by atoms with Crippen LogP contribution in [0.15, 0.2) is 24.3 Å². The number of ether oxygens (including phenoxy) is 1. The Labute approximate surface area is 135 Å². The zero-order valence-corrected chi connectivity index (χ0v) is 13.7. The number of carbonyl (C=O) groups excluding carboxylic acids is 1. The number of aromatic nitrogens is 2. The fraction of sp³-hybridized carbons (Fsp3) is 0.353. The molecule has 1 aromatic heterocycles. The van der Waals surface area contributed by atoms with Crippen LogP contribution in [0.4, 0.5) is 5.82 Å². The standard InChI is InChI=1S/C17H22N4O2/c1-10(2)23-13-6-4-12(5-7-13)8-16-20-11(3)14(9-15(18)22)17(19)21-16/h4-7,10H,8-9H2,1-3H3,(H2,18,22)(H2,19,20,21). The average Bonchev–Trinajstić information content (AvgIpc) is 2.44. The van der Waals surface area contributed by atoms with Crippen molar-refractivity contribution in [2.75, 3.05) is 5.73 Å². The van der Waals surface area contributed by atoms with Crippen LogP contribution in [0.25, 0.3) is 0 Å². The van der Waals surface area contributed by atoms with E-state index < -0.39 is 5.91 Å². The van der Waals surface area contributed by atoms with Crippen molar-refractivity contribution in [2.24, 2.45) is 5.73 Å². The summed E-state index contributed by atoms with van der Waals surface area (Å²) in [4.78, 5) is 19.8. The number of hydrogen-bond acceptors (Lipinski definition) is 5. The number of nitrogens with two attached hydrogens (primary N) is 2. The largest absolute Gasteiger partial charge is 0.491 e. The molecule has 6 nitrogen and oxygen atoms in total. The van der Waals surface area contributed by atoms with Gasteiger partial charge in [0.1, 0.15) is 17.4 Å². The van der Waals surface area contributed by atoms with Crippen LogP contribution >= 0.6 is 0 Å². The molecule has 6 heteroatoms. The van der Waals surface area contributed by atoms with Gasteiger partial charge in [-0.15, -0.1) is 0 Å². The van der Waals surface area contributed by atoms with Crippen LogP contribution in [0.3, 0.4) is 0 Å². The summed E-state index contributed by atoms with van der Waals surface area (Å²) in [6.45, 7) is 5.78. The smallest absolute Gasteiger partial charge is 0.222 e. The number of rotatable bonds is 6. The van der Waals surface area contributed by atoms with Crippen LogP contribution in [0.1, 0.15) is 36.5 Å². The average molecular weight is 314 g/mol. The molecule has 1 aromatic carbocycles. The van der Waals surface area contributed by atoms with Gasteiger partial charge in [-0.1, -0.05) is 12.1 Å². The van der Waals surface area contributed by atoms with Crippen molar-refractivity contribution in [1.82, 2.24) is 9.97 Å². The number of amides is 1. The first-order valence-corrected chi connectivity index (χ1v) is 7.51. The van der Waals surface area contributed by atoms with Gasteiger partial charge in [0.05, 0.1) is 12.5 Å². The van der Waals surface area contributed by atoms with Crippen molar-refractivity contribution < 1.29 is 9.53 Å².